The van der Waals surface area contributed by atoms with E-state index in [-0.39, 0.29) is 12.4 Å². The number of rotatable bonds is 6. The van der Waals surface area contributed by atoms with Crippen LogP contribution in [0.3, 0.4) is 0 Å². The molecular weight excluding hydrogens is 395 g/mol. The van der Waals surface area contributed by atoms with Crippen LogP contribution in [0.4, 0.5) is 16.0 Å². The second kappa shape index (κ2) is 8.79. The Labute approximate surface area is 179 Å². The highest BCUT2D eigenvalue weighted by atomic mass is 19.1. The van der Waals surface area contributed by atoms with Crippen molar-refractivity contribution in [2.45, 2.75) is 13.8 Å². The topological polar surface area (TPSA) is 79.9 Å². The molecule has 0 saturated heterocycles. The number of carbonyl (C=O) groups excluding carboxylic acids is 1. The van der Waals surface area contributed by atoms with Gasteiger partial charge in [-0.25, -0.2) is 19.2 Å². The van der Waals surface area contributed by atoms with Crippen LogP contribution in [0, 0.1) is 12.7 Å². The van der Waals surface area contributed by atoms with Crippen LogP contribution in [0.5, 0.6) is 0 Å². The molecule has 4 aromatic rings. The van der Waals surface area contributed by atoms with Crippen LogP contribution in [0.1, 0.15) is 23.1 Å². The molecule has 156 valence electrons. The average Bonchev–Trinajstić information content (AvgIpc) is 3.12. The number of aromatic amines is 1. The fourth-order valence-corrected chi connectivity index (χ4v) is 3.45. The molecule has 7 heteroatoms. The lowest BCUT2D eigenvalue weighted by molar-refractivity contribution is 0.0521. The standard InChI is InChI=1S/C24H21FN4O2/c1-3-31-23(30)22-21(16-8-5-4-6-9-16)20(15(2)27-22)19-12-13-26-24(29-19)28-18-11-7-10-17(25)14-18/h4-14,27H,3H2,1-2H3,(H,26,28,29). The zero-order valence-electron chi connectivity index (χ0n) is 17.1. The van der Waals surface area contributed by atoms with Crippen molar-refractivity contribution in [2.75, 3.05) is 11.9 Å². The molecule has 0 aliphatic rings. The van der Waals surface area contributed by atoms with E-state index >= 15 is 0 Å². The summed E-state index contributed by atoms with van der Waals surface area (Å²) in [7, 11) is 0. The number of H-pyrrole nitrogens is 1. The van der Waals surface area contributed by atoms with E-state index in [1.807, 2.05) is 37.3 Å². The minimum absolute atomic E-state index is 0.273. The van der Waals surface area contributed by atoms with Gasteiger partial charge in [0.05, 0.1) is 12.3 Å². The summed E-state index contributed by atoms with van der Waals surface area (Å²) in [5.41, 5.74) is 4.67. The molecule has 2 heterocycles. The van der Waals surface area contributed by atoms with Crippen molar-refractivity contribution in [3.8, 4) is 22.4 Å². The highest BCUT2D eigenvalue weighted by Gasteiger charge is 2.24. The quantitative estimate of drug-likeness (QED) is 0.405. The Morgan fingerprint density at radius 2 is 1.90 bits per heavy atom. The van der Waals surface area contributed by atoms with Crippen molar-refractivity contribution in [1.29, 1.82) is 0 Å². The Bertz CT molecular complexity index is 1220. The molecule has 0 bridgehead atoms. The Kier molecular flexibility index (Phi) is 5.75. The number of halogens is 1. The van der Waals surface area contributed by atoms with E-state index in [9.17, 15) is 9.18 Å². The fraction of sp³-hybridized carbons (Fsp3) is 0.125. The van der Waals surface area contributed by atoms with E-state index in [1.54, 1.807) is 31.3 Å². The van der Waals surface area contributed by atoms with Crippen molar-refractivity contribution < 1.29 is 13.9 Å². The smallest absolute Gasteiger partial charge is 0.355 e. The predicted molar refractivity (Wildman–Crippen MR) is 118 cm³/mol. The van der Waals surface area contributed by atoms with Crippen molar-refractivity contribution >= 4 is 17.6 Å². The molecule has 0 saturated carbocycles. The molecule has 31 heavy (non-hydrogen) atoms. The Hall–Kier alpha value is -4.00. The molecule has 6 nitrogen and oxygen atoms in total. The molecule has 0 fully saturated rings. The molecule has 2 N–H and O–H groups in total. The van der Waals surface area contributed by atoms with Gasteiger partial charge in [0.2, 0.25) is 5.95 Å². The molecule has 2 aromatic carbocycles. The number of benzene rings is 2. The summed E-state index contributed by atoms with van der Waals surface area (Å²) in [6.07, 6.45) is 1.62. The maximum Gasteiger partial charge on any atom is 0.355 e. The first-order valence-corrected chi connectivity index (χ1v) is 9.88. The number of hydrogen-bond acceptors (Lipinski definition) is 5. The largest absolute Gasteiger partial charge is 0.461 e. The third-order valence-corrected chi connectivity index (χ3v) is 4.72. The molecule has 0 spiro atoms. The molecule has 0 aliphatic carbocycles. The van der Waals surface area contributed by atoms with Crippen molar-refractivity contribution in [2.24, 2.45) is 0 Å². The lowest BCUT2D eigenvalue weighted by Gasteiger charge is -2.10. The summed E-state index contributed by atoms with van der Waals surface area (Å²) >= 11 is 0. The van der Waals surface area contributed by atoms with Crippen molar-refractivity contribution in [1.82, 2.24) is 15.0 Å². The minimum atomic E-state index is -0.428. The Balaban J connectivity index is 1.82. The average molecular weight is 416 g/mol. The predicted octanol–water partition coefficient (Wildman–Crippen LogP) is 5.51. The van der Waals surface area contributed by atoms with Gasteiger partial charge >= 0.3 is 5.97 Å². The maximum absolute atomic E-state index is 13.5. The number of hydrogen-bond donors (Lipinski definition) is 2. The first-order chi connectivity index (χ1) is 15.1. The fourth-order valence-electron chi connectivity index (χ4n) is 3.45. The first-order valence-electron chi connectivity index (χ1n) is 9.88. The molecule has 4 rings (SSSR count). The lowest BCUT2D eigenvalue weighted by atomic mass is 9.98. The highest BCUT2D eigenvalue weighted by molar-refractivity contribution is 6.01. The number of nitrogens with one attached hydrogen (secondary N) is 2. The van der Waals surface area contributed by atoms with E-state index in [1.165, 1.54) is 12.1 Å². The molecule has 2 aromatic heterocycles. The van der Waals surface area contributed by atoms with Gasteiger partial charge in [0.15, 0.2) is 0 Å². The molecule has 0 radical (unpaired) electrons. The highest BCUT2D eigenvalue weighted by Crippen LogP contribution is 2.37. The number of ether oxygens (including phenoxy) is 1. The number of carbonyl (C=O) groups is 1. The molecule has 0 atom stereocenters. The van der Waals surface area contributed by atoms with Crippen LogP contribution < -0.4 is 5.32 Å². The van der Waals surface area contributed by atoms with E-state index in [4.69, 9.17) is 4.74 Å². The third-order valence-electron chi connectivity index (χ3n) is 4.72. The van der Waals surface area contributed by atoms with Gasteiger partial charge in [-0.3, -0.25) is 0 Å². The maximum atomic E-state index is 13.5. The first kappa shape index (κ1) is 20.3. The number of anilines is 2. The van der Waals surface area contributed by atoms with Gasteiger partial charge in [-0.2, -0.15) is 0 Å². The van der Waals surface area contributed by atoms with Crippen LogP contribution in [-0.4, -0.2) is 27.5 Å². The number of esters is 1. The van der Waals surface area contributed by atoms with E-state index in [2.05, 4.69) is 20.3 Å². The van der Waals surface area contributed by atoms with Gasteiger partial charge in [-0.05, 0) is 43.7 Å². The Morgan fingerprint density at radius 1 is 1.10 bits per heavy atom. The van der Waals surface area contributed by atoms with Gasteiger partial charge in [-0.1, -0.05) is 36.4 Å². The second-order valence-electron chi connectivity index (χ2n) is 6.86. The minimum Gasteiger partial charge on any atom is -0.461 e. The van der Waals surface area contributed by atoms with E-state index in [0.29, 0.717) is 28.6 Å². The van der Waals surface area contributed by atoms with Crippen LogP contribution in [-0.2, 0) is 4.74 Å². The number of aromatic nitrogens is 3. The molecular formula is C24H21FN4O2. The van der Waals surface area contributed by atoms with Crippen LogP contribution in [0.15, 0.2) is 66.9 Å². The SMILES string of the molecule is CCOC(=O)c1[nH]c(C)c(-c2ccnc(Nc3cccc(F)c3)n2)c1-c1ccccc1. The van der Waals surface area contributed by atoms with E-state index < -0.39 is 5.97 Å². The van der Waals surface area contributed by atoms with Gasteiger partial charge in [0.1, 0.15) is 11.5 Å². The van der Waals surface area contributed by atoms with Gasteiger partial charge in [0.25, 0.3) is 0 Å². The summed E-state index contributed by atoms with van der Waals surface area (Å²) in [4.78, 5) is 24.7. The van der Waals surface area contributed by atoms with Crippen LogP contribution >= 0.6 is 0 Å². The summed E-state index contributed by atoms with van der Waals surface area (Å²) in [5.74, 6) is -0.462. The van der Waals surface area contributed by atoms with Crippen LogP contribution in [0.25, 0.3) is 22.4 Å². The molecule has 0 unspecified atom stereocenters. The second-order valence-corrected chi connectivity index (χ2v) is 6.86. The zero-order valence-corrected chi connectivity index (χ0v) is 17.1. The summed E-state index contributed by atoms with van der Waals surface area (Å²) < 4.78 is 18.8. The monoisotopic (exact) mass is 416 g/mol. The zero-order chi connectivity index (χ0) is 21.8. The van der Waals surface area contributed by atoms with Crippen molar-refractivity contribution in [3.63, 3.8) is 0 Å². The summed E-state index contributed by atoms with van der Waals surface area (Å²) in [6, 6.07) is 17.4. The number of aryl methyl sites for hydroxylation is 1. The third kappa shape index (κ3) is 4.30. The lowest BCUT2D eigenvalue weighted by Crippen LogP contribution is -2.06. The Morgan fingerprint density at radius 3 is 2.65 bits per heavy atom. The van der Waals surface area contributed by atoms with Crippen molar-refractivity contribution in [3.05, 3.63) is 84.1 Å². The van der Waals surface area contributed by atoms with E-state index in [0.717, 1.165) is 16.8 Å². The normalized spacial score (nSPS) is 10.7. The van der Waals surface area contributed by atoms with Gasteiger partial charge in [-0.15, -0.1) is 0 Å². The molecule has 0 amide bonds. The van der Waals surface area contributed by atoms with Gasteiger partial charge < -0.3 is 15.0 Å². The summed E-state index contributed by atoms with van der Waals surface area (Å²) in [6.45, 7) is 3.92. The molecule has 0 aliphatic heterocycles. The van der Waals surface area contributed by atoms with Crippen LogP contribution in [0.2, 0.25) is 0 Å². The van der Waals surface area contributed by atoms with Gasteiger partial charge in [0, 0.05) is 28.7 Å². The summed E-state index contributed by atoms with van der Waals surface area (Å²) in [5, 5.41) is 3.02. The number of nitrogens with zero attached hydrogens (tertiary/aromatic N) is 2.